The fourth-order valence-electron chi connectivity index (χ4n) is 1.59. The number of rotatable bonds is 4. The number of aryl methyl sites for hydroxylation is 2. The molecule has 3 heteroatoms. The molecule has 0 aliphatic rings. The van der Waals surface area contributed by atoms with Gasteiger partial charge >= 0.3 is 0 Å². The minimum Gasteiger partial charge on any atom is -0.352 e. The SMILES string of the molecule is Cc1cc(C)cc(C(=O)NCCC(C)Br)c1. The second kappa shape index (κ2) is 6.04. The van der Waals surface area contributed by atoms with E-state index in [4.69, 9.17) is 0 Å². The van der Waals surface area contributed by atoms with Gasteiger partial charge in [-0.25, -0.2) is 0 Å². The molecule has 0 saturated heterocycles. The Morgan fingerprint density at radius 3 is 2.38 bits per heavy atom. The van der Waals surface area contributed by atoms with E-state index >= 15 is 0 Å². The van der Waals surface area contributed by atoms with E-state index in [-0.39, 0.29) is 5.91 Å². The van der Waals surface area contributed by atoms with E-state index in [0.29, 0.717) is 11.4 Å². The highest BCUT2D eigenvalue weighted by atomic mass is 79.9. The highest BCUT2D eigenvalue weighted by Crippen LogP contribution is 2.09. The largest absolute Gasteiger partial charge is 0.352 e. The third-order valence-electron chi connectivity index (χ3n) is 2.31. The predicted molar refractivity (Wildman–Crippen MR) is 71.3 cm³/mol. The number of nitrogens with one attached hydrogen (secondary N) is 1. The molecule has 0 radical (unpaired) electrons. The molecule has 0 aromatic heterocycles. The third kappa shape index (κ3) is 4.35. The van der Waals surface area contributed by atoms with Gasteiger partial charge in [-0.15, -0.1) is 0 Å². The standard InChI is InChI=1S/C13H18BrNO/c1-9-6-10(2)8-12(7-9)13(16)15-5-4-11(3)14/h6-8,11H,4-5H2,1-3H3,(H,15,16). The predicted octanol–water partition coefficient (Wildman–Crippen LogP) is 3.21. The fourth-order valence-corrected chi connectivity index (χ4v) is 1.82. The van der Waals surface area contributed by atoms with Crippen LogP contribution in [-0.2, 0) is 0 Å². The Balaban J connectivity index is 2.59. The molecule has 1 unspecified atom stereocenters. The minimum absolute atomic E-state index is 0.0138. The van der Waals surface area contributed by atoms with Crippen molar-refractivity contribution in [3.05, 3.63) is 34.9 Å². The van der Waals surface area contributed by atoms with E-state index in [1.165, 1.54) is 0 Å². The van der Waals surface area contributed by atoms with Crippen molar-refractivity contribution in [1.29, 1.82) is 0 Å². The molecule has 1 aromatic carbocycles. The first-order chi connectivity index (χ1) is 7.49. The summed E-state index contributed by atoms with van der Waals surface area (Å²) in [4.78, 5) is 12.2. The van der Waals surface area contributed by atoms with Crippen molar-refractivity contribution in [3.63, 3.8) is 0 Å². The van der Waals surface area contributed by atoms with Crippen LogP contribution in [0, 0.1) is 13.8 Å². The first-order valence-corrected chi connectivity index (χ1v) is 6.41. The van der Waals surface area contributed by atoms with Gasteiger partial charge in [0.15, 0.2) is 0 Å². The molecule has 0 aliphatic carbocycles. The lowest BCUT2D eigenvalue weighted by atomic mass is 10.1. The van der Waals surface area contributed by atoms with Crippen LogP contribution in [0.15, 0.2) is 18.2 Å². The van der Waals surface area contributed by atoms with Gasteiger partial charge in [0.25, 0.3) is 5.91 Å². The van der Waals surface area contributed by atoms with Gasteiger partial charge in [0, 0.05) is 16.9 Å². The topological polar surface area (TPSA) is 29.1 Å². The van der Waals surface area contributed by atoms with Gasteiger partial charge < -0.3 is 5.32 Å². The summed E-state index contributed by atoms with van der Waals surface area (Å²) in [6.07, 6.45) is 0.941. The van der Waals surface area contributed by atoms with E-state index in [9.17, 15) is 4.79 Å². The van der Waals surface area contributed by atoms with Crippen LogP contribution in [0.25, 0.3) is 0 Å². The fraction of sp³-hybridized carbons (Fsp3) is 0.462. The zero-order chi connectivity index (χ0) is 12.1. The maximum Gasteiger partial charge on any atom is 0.251 e. The summed E-state index contributed by atoms with van der Waals surface area (Å²) < 4.78 is 0. The number of benzene rings is 1. The Labute approximate surface area is 106 Å². The smallest absolute Gasteiger partial charge is 0.251 e. The lowest BCUT2D eigenvalue weighted by molar-refractivity contribution is 0.0953. The Kier molecular flexibility index (Phi) is 5.00. The Morgan fingerprint density at radius 2 is 1.88 bits per heavy atom. The van der Waals surface area contributed by atoms with Crippen LogP contribution in [0.4, 0.5) is 0 Å². The summed E-state index contributed by atoms with van der Waals surface area (Å²) in [7, 11) is 0. The van der Waals surface area contributed by atoms with E-state index in [2.05, 4.69) is 34.2 Å². The molecule has 1 aromatic rings. The Hall–Kier alpha value is -0.830. The molecule has 0 heterocycles. The van der Waals surface area contributed by atoms with Crippen molar-refractivity contribution in [1.82, 2.24) is 5.32 Å². The van der Waals surface area contributed by atoms with Crippen molar-refractivity contribution in [2.24, 2.45) is 0 Å². The van der Waals surface area contributed by atoms with E-state index < -0.39 is 0 Å². The van der Waals surface area contributed by atoms with Gasteiger partial charge in [-0.2, -0.15) is 0 Å². The lowest BCUT2D eigenvalue weighted by Gasteiger charge is -2.07. The number of carbonyl (C=O) groups is 1. The van der Waals surface area contributed by atoms with Crippen LogP contribution in [0.5, 0.6) is 0 Å². The minimum atomic E-state index is 0.0138. The molecule has 88 valence electrons. The summed E-state index contributed by atoms with van der Waals surface area (Å²) in [5.74, 6) is 0.0138. The summed E-state index contributed by atoms with van der Waals surface area (Å²) in [6, 6.07) is 5.90. The molecule has 0 aliphatic heterocycles. The van der Waals surface area contributed by atoms with Crippen LogP contribution in [0.3, 0.4) is 0 Å². The second-order valence-electron chi connectivity index (χ2n) is 4.20. The molecule has 0 saturated carbocycles. The molecule has 0 fully saturated rings. The van der Waals surface area contributed by atoms with Crippen molar-refractivity contribution in [3.8, 4) is 0 Å². The van der Waals surface area contributed by atoms with Crippen LogP contribution in [0.2, 0.25) is 0 Å². The number of alkyl halides is 1. The molecule has 16 heavy (non-hydrogen) atoms. The molecule has 1 N–H and O–H groups in total. The van der Waals surface area contributed by atoms with Gasteiger partial charge in [0.05, 0.1) is 0 Å². The average molecular weight is 284 g/mol. The van der Waals surface area contributed by atoms with Crippen molar-refractivity contribution in [2.75, 3.05) is 6.54 Å². The van der Waals surface area contributed by atoms with Gasteiger partial charge in [0.2, 0.25) is 0 Å². The Morgan fingerprint density at radius 1 is 1.31 bits per heavy atom. The van der Waals surface area contributed by atoms with Crippen LogP contribution in [0.1, 0.15) is 34.8 Å². The number of carbonyl (C=O) groups excluding carboxylic acids is 1. The number of hydrogen-bond acceptors (Lipinski definition) is 1. The number of hydrogen-bond donors (Lipinski definition) is 1. The summed E-state index contributed by atoms with van der Waals surface area (Å²) in [6.45, 7) is 6.79. The normalized spacial score (nSPS) is 12.2. The highest BCUT2D eigenvalue weighted by molar-refractivity contribution is 9.09. The molecule has 1 amide bonds. The quantitative estimate of drug-likeness (QED) is 0.845. The monoisotopic (exact) mass is 283 g/mol. The van der Waals surface area contributed by atoms with Crippen molar-refractivity contribution < 1.29 is 4.79 Å². The van der Waals surface area contributed by atoms with E-state index in [1.807, 2.05) is 26.0 Å². The lowest BCUT2D eigenvalue weighted by Crippen LogP contribution is -2.25. The maximum atomic E-state index is 11.8. The molecule has 0 bridgehead atoms. The average Bonchev–Trinajstić information content (AvgIpc) is 2.15. The van der Waals surface area contributed by atoms with E-state index in [0.717, 1.165) is 23.1 Å². The van der Waals surface area contributed by atoms with Gasteiger partial charge in [0.1, 0.15) is 0 Å². The highest BCUT2D eigenvalue weighted by Gasteiger charge is 2.06. The van der Waals surface area contributed by atoms with E-state index in [1.54, 1.807) is 0 Å². The number of halogens is 1. The summed E-state index contributed by atoms with van der Waals surface area (Å²) in [5, 5.41) is 2.92. The summed E-state index contributed by atoms with van der Waals surface area (Å²) in [5.41, 5.74) is 3.00. The molecule has 1 atom stereocenters. The zero-order valence-corrected chi connectivity index (χ0v) is 11.6. The summed E-state index contributed by atoms with van der Waals surface area (Å²) >= 11 is 3.45. The molecule has 2 nitrogen and oxygen atoms in total. The van der Waals surface area contributed by atoms with Crippen molar-refractivity contribution >= 4 is 21.8 Å². The molecular formula is C13H18BrNO. The molecular weight excluding hydrogens is 266 g/mol. The zero-order valence-electron chi connectivity index (χ0n) is 10.0. The molecule has 0 spiro atoms. The third-order valence-corrected chi connectivity index (χ3v) is 2.77. The van der Waals surface area contributed by atoms with Crippen LogP contribution >= 0.6 is 15.9 Å². The maximum absolute atomic E-state index is 11.8. The number of amides is 1. The first kappa shape index (κ1) is 13.2. The van der Waals surface area contributed by atoms with Gasteiger partial charge in [-0.1, -0.05) is 40.0 Å². The van der Waals surface area contributed by atoms with Crippen LogP contribution < -0.4 is 5.32 Å². The van der Waals surface area contributed by atoms with Crippen molar-refractivity contribution in [2.45, 2.75) is 32.0 Å². The van der Waals surface area contributed by atoms with Gasteiger partial charge in [-0.05, 0) is 32.4 Å². The molecule has 1 rings (SSSR count). The second-order valence-corrected chi connectivity index (χ2v) is 5.76. The van der Waals surface area contributed by atoms with Gasteiger partial charge in [-0.3, -0.25) is 4.79 Å². The first-order valence-electron chi connectivity index (χ1n) is 5.49. The Bertz CT molecular complexity index is 354. The van der Waals surface area contributed by atoms with Crippen LogP contribution in [-0.4, -0.2) is 17.3 Å².